The van der Waals surface area contributed by atoms with Crippen molar-refractivity contribution in [3.63, 3.8) is 0 Å². The molecule has 242 valence electrons. The highest BCUT2D eigenvalue weighted by molar-refractivity contribution is 5.98. The van der Waals surface area contributed by atoms with Crippen LogP contribution >= 0.6 is 0 Å². The normalized spacial score (nSPS) is 18.5. The van der Waals surface area contributed by atoms with Gasteiger partial charge in [0.05, 0.1) is 11.4 Å². The molecule has 3 aromatic carbocycles. The van der Waals surface area contributed by atoms with Gasteiger partial charge in [-0.3, -0.25) is 9.36 Å². The molecule has 1 aliphatic heterocycles. The summed E-state index contributed by atoms with van der Waals surface area (Å²) in [6, 6.07) is 24.2. The molecular formula is C37H43N3O6. The summed E-state index contributed by atoms with van der Waals surface area (Å²) in [6.07, 6.45) is 2.68. The van der Waals surface area contributed by atoms with Crippen LogP contribution in [-0.4, -0.2) is 59.9 Å². The van der Waals surface area contributed by atoms with Gasteiger partial charge in [-0.05, 0) is 87.3 Å². The lowest BCUT2D eigenvalue weighted by molar-refractivity contribution is -0.124. The second kappa shape index (κ2) is 13.2. The Kier molecular flexibility index (Phi) is 9.04. The summed E-state index contributed by atoms with van der Waals surface area (Å²) in [5, 5.41) is 0. The zero-order valence-corrected chi connectivity index (χ0v) is 27.1. The zero-order chi connectivity index (χ0) is 32.4. The van der Waals surface area contributed by atoms with Crippen molar-refractivity contribution in [3.05, 3.63) is 88.9 Å². The number of fused-ring (bicyclic) bond motifs is 1. The number of oxazole rings is 1. The van der Waals surface area contributed by atoms with Crippen molar-refractivity contribution >= 4 is 28.8 Å². The molecule has 1 saturated carbocycles. The molecule has 1 saturated heterocycles. The van der Waals surface area contributed by atoms with Gasteiger partial charge >= 0.3 is 11.8 Å². The van der Waals surface area contributed by atoms with Crippen molar-refractivity contribution in [2.45, 2.75) is 70.6 Å². The Labute approximate surface area is 269 Å². The molecule has 6 rings (SSSR count). The number of aromatic nitrogens is 1. The van der Waals surface area contributed by atoms with Crippen molar-refractivity contribution in [1.29, 1.82) is 0 Å². The lowest BCUT2D eigenvalue weighted by atomic mass is 9.79. The summed E-state index contributed by atoms with van der Waals surface area (Å²) in [6.45, 7) is 7.28. The first-order valence-electron chi connectivity index (χ1n) is 16.2. The number of likely N-dealkylation sites (tertiary alicyclic amines) is 1. The van der Waals surface area contributed by atoms with Gasteiger partial charge in [0, 0.05) is 45.1 Å². The first-order chi connectivity index (χ1) is 22.1. The van der Waals surface area contributed by atoms with Crippen LogP contribution in [0.25, 0.3) is 22.2 Å². The minimum Gasteiger partial charge on any atom is -0.444 e. The van der Waals surface area contributed by atoms with E-state index in [2.05, 4.69) is 30.3 Å². The molecule has 2 atom stereocenters. The summed E-state index contributed by atoms with van der Waals surface area (Å²) in [4.78, 5) is 44.4. The van der Waals surface area contributed by atoms with Gasteiger partial charge in [-0.2, -0.15) is 0 Å². The molecule has 1 aromatic heterocycles. The number of carbonyl (C=O) groups excluding carboxylic acids is 2. The van der Waals surface area contributed by atoms with Crippen LogP contribution in [0.15, 0.2) is 82.0 Å². The van der Waals surface area contributed by atoms with E-state index >= 15 is 0 Å². The van der Waals surface area contributed by atoms with Gasteiger partial charge in [-0.1, -0.05) is 54.6 Å². The number of hydrogen-bond donors (Lipinski definition) is 0. The monoisotopic (exact) mass is 625 g/mol. The van der Waals surface area contributed by atoms with E-state index in [4.69, 9.17) is 13.9 Å². The quantitative estimate of drug-likeness (QED) is 0.189. The van der Waals surface area contributed by atoms with E-state index in [0.29, 0.717) is 43.6 Å². The minimum absolute atomic E-state index is 0.0259. The topological polar surface area (TPSA) is 94.2 Å². The van der Waals surface area contributed by atoms with Crippen LogP contribution in [0.3, 0.4) is 0 Å². The highest BCUT2D eigenvalue weighted by atomic mass is 16.6. The fourth-order valence-corrected chi connectivity index (χ4v) is 6.48. The first kappa shape index (κ1) is 31.6. The summed E-state index contributed by atoms with van der Waals surface area (Å²) < 4.78 is 18.1. The zero-order valence-electron chi connectivity index (χ0n) is 27.1. The number of anilines is 1. The van der Waals surface area contributed by atoms with Crippen LogP contribution in [0, 0.1) is 5.92 Å². The molecule has 2 fully saturated rings. The van der Waals surface area contributed by atoms with E-state index in [0.717, 1.165) is 35.2 Å². The number of carbonyl (C=O) groups is 2. The minimum atomic E-state index is -0.642. The largest absolute Gasteiger partial charge is 0.444 e. The van der Waals surface area contributed by atoms with Crippen LogP contribution in [0.4, 0.5) is 10.5 Å². The fourth-order valence-electron chi connectivity index (χ4n) is 6.48. The number of hydrogen-bond acceptors (Lipinski definition) is 6. The van der Waals surface area contributed by atoms with Crippen LogP contribution in [0.5, 0.6) is 0 Å². The molecule has 0 radical (unpaired) electrons. The van der Waals surface area contributed by atoms with Crippen LogP contribution in [0.1, 0.15) is 57.9 Å². The lowest BCUT2D eigenvalue weighted by Crippen LogP contribution is -2.51. The summed E-state index contributed by atoms with van der Waals surface area (Å²) in [7, 11) is 1.63. The number of piperidine rings is 1. The van der Waals surface area contributed by atoms with Crippen LogP contribution in [0.2, 0.25) is 0 Å². The number of benzene rings is 3. The van der Waals surface area contributed by atoms with Gasteiger partial charge < -0.3 is 23.7 Å². The highest BCUT2D eigenvalue weighted by Crippen LogP contribution is 2.41. The Bertz CT molecular complexity index is 1750. The Hall–Kier alpha value is -4.37. The molecule has 1 unspecified atom stereocenters. The molecular weight excluding hydrogens is 582 g/mol. The van der Waals surface area contributed by atoms with Crippen molar-refractivity contribution < 1.29 is 23.5 Å². The van der Waals surface area contributed by atoms with Gasteiger partial charge in [0.2, 0.25) is 5.91 Å². The van der Waals surface area contributed by atoms with E-state index in [-0.39, 0.29) is 24.4 Å². The van der Waals surface area contributed by atoms with Crippen LogP contribution in [-0.2, 0) is 20.8 Å². The summed E-state index contributed by atoms with van der Waals surface area (Å²) in [5.74, 6) is -1.04. The third kappa shape index (κ3) is 6.89. The third-order valence-corrected chi connectivity index (χ3v) is 8.81. The standard InChI is InChI=1S/C37H43N3O6/c1-37(2,3)46-35(42)38-20-18-30(27-13-8-12-26(22-27)25-10-6-5-7-11-25)31(24-38)34(41)40(28-14-15-28)29-16-17-33-32(23-29)39(36(43)45-33)19-9-21-44-4/h5-8,10-13,16-17,22-23,28,30-31H,9,14-15,18-21,24H2,1-4H3/t30-,31?/m1/s1. The smallest absolute Gasteiger partial charge is 0.419 e. The van der Waals surface area contributed by atoms with Crippen molar-refractivity contribution in [1.82, 2.24) is 9.47 Å². The van der Waals surface area contributed by atoms with Gasteiger partial charge in [0.25, 0.3) is 0 Å². The SMILES string of the molecule is COCCCn1c(=O)oc2ccc(N(C(=O)C3CN(C(=O)OC(C)(C)C)CC[C@@H]3c3cccc(-c4ccccc4)c3)C3CC3)cc21. The molecule has 9 nitrogen and oxygen atoms in total. The Balaban J connectivity index is 1.36. The van der Waals surface area contributed by atoms with E-state index in [1.165, 1.54) is 0 Å². The predicted octanol–water partition coefficient (Wildman–Crippen LogP) is 6.83. The predicted molar refractivity (Wildman–Crippen MR) is 178 cm³/mol. The van der Waals surface area contributed by atoms with Crippen molar-refractivity contribution in [3.8, 4) is 11.1 Å². The van der Waals surface area contributed by atoms with E-state index in [9.17, 15) is 14.4 Å². The lowest BCUT2D eigenvalue weighted by Gasteiger charge is -2.40. The summed E-state index contributed by atoms with van der Waals surface area (Å²) in [5.41, 5.74) is 4.51. The van der Waals surface area contributed by atoms with E-state index < -0.39 is 23.4 Å². The Morgan fingerprint density at radius 2 is 1.72 bits per heavy atom. The molecule has 0 bridgehead atoms. The van der Waals surface area contributed by atoms with Crippen molar-refractivity contribution in [2.75, 3.05) is 31.7 Å². The number of nitrogens with zero attached hydrogens (tertiary/aromatic N) is 3. The van der Waals surface area contributed by atoms with E-state index in [1.54, 1.807) is 22.6 Å². The first-order valence-corrected chi connectivity index (χ1v) is 16.2. The summed E-state index contributed by atoms with van der Waals surface area (Å²) >= 11 is 0. The molecule has 0 spiro atoms. The van der Waals surface area contributed by atoms with Gasteiger partial charge in [-0.25, -0.2) is 9.59 Å². The number of amides is 2. The van der Waals surface area contributed by atoms with E-state index in [1.807, 2.05) is 62.1 Å². The Morgan fingerprint density at radius 1 is 0.957 bits per heavy atom. The van der Waals surface area contributed by atoms with Gasteiger partial charge in [0.15, 0.2) is 5.58 Å². The number of rotatable bonds is 9. The molecule has 46 heavy (non-hydrogen) atoms. The second-order valence-corrected chi connectivity index (χ2v) is 13.4. The molecule has 2 heterocycles. The van der Waals surface area contributed by atoms with Gasteiger partial charge in [-0.15, -0.1) is 0 Å². The molecule has 9 heteroatoms. The number of methoxy groups -OCH3 is 1. The average molecular weight is 626 g/mol. The highest BCUT2D eigenvalue weighted by Gasteiger charge is 2.44. The molecule has 4 aromatic rings. The molecule has 0 N–H and O–H groups in total. The molecule has 2 amide bonds. The fraction of sp³-hybridized carbons (Fsp3) is 0.432. The van der Waals surface area contributed by atoms with Crippen molar-refractivity contribution in [2.24, 2.45) is 5.92 Å². The maximum Gasteiger partial charge on any atom is 0.419 e. The Morgan fingerprint density at radius 3 is 2.43 bits per heavy atom. The third-order valence-electron chi connectivity index (χ3n) is 8.81. The maximum absolute atomic E-state index is 14.8. The van der Waals surface area contributed by atoms with Gasteiger partial charge in [0.1, 0.15) is 5.60 Å². The second-order valence-electron chi connectivity index (χ2n) is 13.4. The number of ether oxygens (including phenoxy) is 2. The maximum atomic E-state index is 14.8. The molecule has 2 aliphatic rings. The molecule has 1 aliphatic carbocycles. The number of aryl methyl sites for hydroxylation is 1. The average Bonchev–Trinajstić information content (AvgIpc) is 3.83. The van der Waals surface area contributed by atoms with Crippen LogP contribution < -0.4 is 10.7 Å².